The van der Waals surface area contributed by atoms with Gasteiger partial charge < -0.3 is 14.2 Å². The Morgan fingerprint density at radius 1 is 1.05 bits per heavy atom. The highest BCUT2D eigenvalue weighted by Gasteiger charge is 2.22. The van der Waals surface area contributed by atoms with Gasteiger partial charge in [0.05, 0.1) is 29.9 Å². The Balaban J connectivity index is 2.51. The number of hydrogen-bond donors (Lipinski definition) is 0. The van der Waals surface area contributed by atoms with Crippen molar-refractivity contribution in [2.24, 2.45) is 0 Å². The van der Waals surface area contributed by atoms with Crippen LogP contribution in [-0.2, 0) is 0 Å². The van der Waals surface area contributed by atoms with Crippen LogP contribution in [0.25, 0.3) is 0 Å². The Hall–Kier alpha value is -0.720. The van der Waals surface area contributed by atoms with Gasteiger partial charge in [-0.25, -0.2) is 0 Å². The summed E-state index contributed by atoms with van der Waals surface area (Å²) in [4.78, 5) is 0.0276. The number of thiophene rings is 1. The van der Waals surface area contributed by atoms with E-state index in [1.807, 2.05) is 12.1 Å². The lowest BCUT2D eigenvalue weighted by molar-refractivity contribution is 0.322. The molecule has 0 saturated carbocycles. The number of halogens is 2. The zero-order valence-electron chi connectivity index (χ0n) is 11.3. The van der Waals surface area contributed by atoms with Crippen molar-refractivity contribution in [3.63, 3.8) is 0 Å². The van der Waals surface area contributed by atoms with E-state index in [9.17, 15) is 0 Å². The van der Waals surface area contributed by atoms with Gasteiger partial charge in [-0.05, 0) is 45.1 Å². The van der Waals surface area contributed by atoms with Crippen molar-refractivity contribution in [3.05, 3.63) is 38.5 Å². The van der Waals surface area contributed by atoms with E-state index in [2.05, 4.69) is 43.3 Å². The van der Waals surface area contributed by atoms with E-state index >= 15 is 0 Å². The average molecular weight is 422 g/mol. The standard InChI is InChI=1S/C14H14Br2O3S/c1-17-10-5-4-9(13(18-2)14(10)19-3)12(16)8-6-11(15)20-7-8/h4-7,12H,1-3H3. The summed E-state index contributed by atoms with van der Waals surface area (Å²) < 4.78 is 17.3. The van der Waals surface area contributed by atoms with Crippen molar-refractivity contribution >= 4 is 43.2 Å². The molecule has 20 heavy (non-hydrogen) atoms. The number of alkyl halides is 1. The molecule has 1 heterocycles. The topological polar surface area (TPSA) is 27.7 Å². The van der Waals surface area contributed by atoms with Gasteiger partial charge in [0.1, 0.15) is 0 Å². The molecule has 0 spiro atoms. The van der Waals surface area contributed by atoms with Gasteiger partial charge in [0.15, 0.2) is 11.5 Å². The zero-order chi connectivity index (χ0) is 14.7. The first-order valence-electron chi connectivity index (χ1n) is 5.79. The average Bonchev–Trinajstić information content (AvgIpc) is 2.91. The minimum Gasteiger partial charge on any atom is -0.493 e. The fourth-order valence-electron chi connectivity index (χ4n) is 1.96. The molecule has 1 aromatic heterocycles. The molecule has 0 radical (unpaired) electrons. The third-order valence-electron chi connectivity index (χ3n) is 2.89. The summed E-state index contributed by atoms with van der Waals surface area (Å²) in [6.45, 7) is 0. The molecule has 0 bridgehead atoms. The van der Waals surface area contributed by atoms with Crippen molar-refractivity contribution in [1.82, 2.24) is 0 Å². The summed E-state index contributed by atoms with van der Waals surface area (Å²) >= 11 is 8.85. The maximum absolute atomic E-state index is 5.52. The van der Waals surface area contributed by atoms with Crippen LogP contribution in [0.3, 0.4) is 0 Å². The van der Waals surface area contributed by atoms with Crippen LogP contribution in [0.2, 0.25) is 0 Å². The molecular formula is C14H14Br2O3S. The molecule has 0 fully saturated rings. The molecule has 0 aliphatic heterocycles. The Kier molecular flexibility index (Phi) is 5.35. The second-order valence-electron chi connectivity index (χ2n) is 3.97. The second kappa shape index (κ2) is 6.83. The molecule has 2 aromatic rings. The highest BCUT2D eigenvalue weighted by atomic mass is 79.9. The molecule has 0 aliphatic carbocycles. The van der Waals surface area contributed by atoms with Crippen molar-refractivity contribution in [2.45, 2.75) is 4.83 Å². The fraction of sp³-hybridized carbons (Fsp3) is 0.286. The smallest absolute Gasteiger partial charge is 0.203 e. The molecule has 1 atom stereocenters. The minimum atomic E-state index is 0.0276. The molecule has 108 valence electrons. The third kappa shape index (κ3) is 2.97. The van der Waals surface area contributed by atoms with Crippen molar-refractivity contribution in [3.8, 4) is 17.2 Å². The van der Waals surface area contributed by atoms with E-state index in [0.29, 0.717) is 17.2 Å². The SMILES string of the molecule is COc1ccc(C(Br)c2csc(Br)c2)c(OC)c1OC. The van der Waals surface area contributed by atoms with Crippen molar-refractivity contribution < 1.29 is 14.2 Å². The van der Waals surface area contributed by atoms with Crippen LogP contribution in [0.5, 0.6) is 17.2 Å². The summed E-state index contributed by atoms with van der Waals surface area (Å²) in [6.07, 6.45) is 0. The fourth-order valence-corrected chi connectivity index (χ4v) is 3.96. The van der Waals surface area contributed by atoms with E-state index < -0.39 is 0 Å². The lowest BCUT2D eigenvalue weighted by Gasteiger charge is -2.18. The number of hydrogen-bond acceptors (Lipinski definition) is 4. The van der Waals surface area contributed by atoms with Crippen LogP contribution in [0, 0.1) is 0 Å². The summed E-state index contributed by atoms with van der Waals surface area (Å²) in [5.74, 6) is 1.93. The van der Waals surface area contributed by atoms with E-state index in [0.717, 1.165) is 14.9 Å². The third-order valence-corrected chi connectivity index (χ3v) is 5.43. The van der Waals surface area contributed by atoms with E-state index in [1.54, 1.807) is 32.7 Å². The molecule has 2 rings (SSSR count). The number of methoxy groups -OCH3 is 3. The lowest BCUT2D eigenvalue weighted by atomic mass is 10.1. The van der Waals surface area contributed by atoms with Crippen LogP contribution in [0.1, 0.15) is 16.0 Å². The van der Waals surface area contributed by atoms with Gasteiger partial charge in [0.2, 0.25) is 5.75 Å². The van der Waals surface area contributed by atoms with Crippen molar-refractivity contribution in [1.29, 1.82) is 0 Å². The van der Waals surface area contributed by atoms with E-state index in [-0.39, 0.29) is 4.83 Å². The first kappa shape index (κ1) is 15.7. The zero-order valence-corrected chi connectivity index (χ0v) is 15.3. The van der Waals surface area contributed by atoms with Gasteiger partial charge in [-0.1, -0.05) is 15.9 Å². The Bertz CT molecular complexity index is 598. The molecule has 1 aromatic carbocycles. The lowest BCUT2D eigenvalue weighted by Crippen LogP contribution is -2.01. The summed E-state index contributed by atoms with van der Waals surface area (Å²) in [6, 6.07) is 5.94. The molecule has 3 nitrogen and oxygen atoms in total. The molecule has 1 unspecified atom stereocenters. The van der Waals surface area contributed by atoms with E-state index in [1.165, 1.54) is 0 Å². The summed E-state index contributed by atoms with van der Waals surface area (Å²) in [5, 5.41) is 2.10. The first-order chi connectivity index (χ1) is 9.62. The maximum atomic E-state index is 5.52. The van der Waals surface area contributed by atoms with Crippen LogP contribution in [-0.4, -0.2) is 21.3 Å². The van der Waals surface area contributed by atoms with Crippen LogP contribution >= 0.6 is 43.2 Å². The number of rotatable bonds is 5. The normalized spacial score (nSPS) is 12.1. The molecular weight excluding hydrogens is 408 g/mol. The Morgan fingerprint density at radius 2 is 1.75 bits per heavy atom. The van der Waals surface area contributed by atoms with E-state index in [4.69, 9.17) is 14.2 Å². The Morgan fingerprint density at radius 3 is 2.25 bits per heavy atom. The van der Waals surface area contributed by atoms with Gasteiger partial charge in [-0.2, -0.15) is 0 Å². The number of ether oxygens (including phenoxy) is 3. The van der Waals surface area contributed by atoms with Gasteiger partial charge in [0, 0.05) is 5.56 Å². The quantitative estimate of drug-likeness (QED) is 0.634. The summed E-state index contributed by atoms with van der Waals surface area (Å²) in [5.41, 5.74) is 2.16. The highest BCUT2D eigenvalue weighted by Crippen LogP contribution is 2.46. The van der Waals surface area contributed by atoms with Crippen LogP contribution < -0.4 is 14.2 Å². The maximum Gasteiger partial charge on any atom is 0.203 e. The molecule has 0 aliphatic rings. The van der Waals surface area contributed by atoms with Crippen LogP contribution in [0.15, 0.2) is 27.4 Å². The van der Waals surface area contributed by atoms with Gasteiger partial charge >= 0.3 is 0 Å². The highest BCUT2D eigenvalue weighted by molar-refractivity contribution is 9.11. The molecule has 6 heteroatoms. The van der Waals surface area contributed by atoms with Gasteiger partial charge in [0.25, 0.3) is 0 Å². The largest absolute Gasteiger partial charge is 0.493 e. The monoisotopic (exact) mass is 420 g/mol. The molecule has 0 N–H and O–H groups in total. The predicted octanol–water partition coefficient (Wildman–Crippen LogP) is 5.02. The van der Waals surface area contributed by atoms with Gasteiger partial charge in [-0.15, -0.1) is 11.3 Å². The minimum absolute atomic E-state index is 0.0276. The number of benzene rings is 1. The Labute approximate surface area is 139 Å². The molecule has 0 saturated heterocycles. The first-order valence-corrected chi connectivity index (χ1v) is 8.38. The summed E-state index contributed by atoms with van der Waals surface area (Å²) in [7, 11) is 4.84. The predicted molar refractivity (Wildman–Crippen MR) is 88.9 cm³/mol. The van der Waals surface area contributed by atoms with Crippen LogP contribution in [0.4, 0.5) is 0 Å². The molecule has 0 amide bonds. The van der Waals surface area contributed by atoms with Crippen molar-refractivity contribution in [2.75, 3.05) is 21.3 Å². The van der Waals surface area contributed by atoms with Gasteiger partial charge in [-0.3, -0.25) is 0 Å². The second-order valence-corrected chi connectivity index (χ2v) is 7.18.